The van der Waals surface area contributed by atoms with Gasteiger partial charge in [0.2, 0.25) is 5.78 Å². The highest BCUT2D eigenvalue weighted by Crippen LogP contribution is 2.42. The first kappa shape index (κ1) is 13.4. The lowest BCUT2D eigenvalue weighted by molar-refractivity contribution is -0.157. The van der Waals surface area contributed by atoms with E-state index in [2.05, 4.69) is 0 Å². The van der Waals surface area contributed by atoms with Crippen LogP contribution in [0, 0.1) is 0 Å². The second-order valence-electron chi connectivity index (χ2n) is 4.70. The Bertz CT molecular complexity index is 693. The van der Waals surface area contributed by atoms with Crippen LogP contribution in [0.5, 0.6) is 5.75 Å². The Morgan fingerprint density at radius 3 is 2.43 bits per heavy atom. The predicted octanol–water partition coefficient (Wildman–Crippen LogP) is 2.72. The lowest BCUT2D eigenvalue weighted by Gasteiger charge is -2.25. The zero-order valence-electron chi connectivity index (χ0n) is 11.5. The van der Waals surface area contributed by atoms with Crippen molar-refractivity contribution in [3.05, 3.63) is 65.7 Å². The van der Waals surface area contributed by atoms with Crippen molar-refractivity contribution in [1.29, 1.82) is 0 Å². The fourth-order valence-corrected chi connectivity index (χ4v) is 2.49. The van der Waals surface area contributed by atoms with E-state index in [1.165, 1.54) is 0 Å². The Kier molecular flexibility index (Phi) is 3.22. The van der Waals surface area contributed by atoms with Crippen LogP contribution in [0.25, 0.3) is 0 Å². The summed E-state index contributed by atoms with van der Waals surface area (Å²) in [5, 5.41) is 0. The quantitative estimate of drug-likeness (QED) is 0.641. The SMILES string of the molecule is CCOC(=O)[C@@]1(c2ccccc2)Oc2ccccc2C1=O. The monoisotopic (exact) mass is 282 g/mol. The number of hydrogen-bond acceptors (Lipinski definition) is 4. The Morgan fingerprint density at radius 2 is 1.76 bits per heavy atom. The van der Waals surface area contributed by atoms with Crippen LogP contribution in [0.2, 0.25) is 0 Å². The lowest BCUT2D eigenvalue weighted by Crippen LogP contribution is -2.46. The summed E-state index contributed by atoms with van der Waals surface area (Å²) in [7, 11) is 0. The largest absolute Gasteiger partial charge is 0.462 e. The fourth-order valence-electron chi connectivity index (χ4n) is 2.49. The molecule has 2 aromatic rings. The molecule has 1 aliphatic rings. The molecule has 4 heteroatoms. The van der Waals surface area contributed by atoms with E-state index in [-0.39, 0.29) is 12.4 Å². The molecule has 0 N–H and O–H groups in total. The van der Waals surface area contributed by atoms with E-state index in [0.717, 1.165) is 0 Å². The molecule has 3 rings (SSSR count). The van der Waals surface area contributed by atoms with Crippen LogP contribution in [-0.4, -0.2) is 18.4 Å². The molecule has 0 amide bonds. The minimum absolute atomic E-state index is 0.181. The summed E-state index contributed by atoms with van der Waals surface area (Å²) in [5.41, 5.74) is -0.861. The third kappa shape index (κ3) is 1.91. The number of para-hydroxylation sites is 1. The molecule has 0 radical (unpaired) electrons. The smallest absolute Gasteiger partial charge is 0.363 e. The van der Waals surface area contributed by atoms with Gasteiger partial charge in [-0.25, -0.2) is 4.79 Å². The normalized spacial score (nSPS) is 19.8. The molecular weight excluding hydrogens is 268 g/mol. The third-order valence-corrected chi connectivity index (χ3v) is 3.46. The highest BCUT2D eigenvalue weighted by atomic mass is 16.6. The average Bonchev–Trinajstić information content (AvgIpc) is 2.83. The van der Waals surface area contributed by atoms with Crippen molar-refractivity contribution in [2.45, 2.75) is 12.5 Å². The van der Waals surface area contributed by atoms with Gasteiger partial charge in [0.25, 0.3) is 5.60 Å². The number of ether oxygens (including phenoxy) is 2. The Balaban J connectivity index is 2.17. The summed E-state index contributed by atoms with van der Waals surface area (Å²) >= 11 is 0. The third-order valence-electron chi connectivity index (χ3n) is 3.46. The highest BCUT2D eigenvalue weighted by Gasteiger charge is 2.56. The van der Waals surface area contributed by atoms with Gasteiger partial charge < -0.3 is 9.47 Å². The van der Waals surface area contributed by atoms with Crippen LogP contribution in [0.3, 0.4) is 0 Å². The van der Waals surface area contributed by atoms with Gasteiger partial charge in [0.15, 0.2) is 0 Å². The second kappa shape index (κ2) is 5.05. The molecule has 0 aliphatic carbocycles. The molecule has 0 fully saturated rings. The number of fused-ring (bicyclic) bond motifs is 1. The average molecular weight is 282 g/mol. The molecule has 1 atom stereocenters. The number of carbonyl (C=O) groups is 2. The summed E-state index contributed by atoms with van der Waals surface area (Å²) in [6.07, 6.45) is 0. The highest BCUT2D eigenvalue weighted by molar-refractivity contribution is 6.19. The number of ketones is 1. The van der Waals surface area contributed by atoms with Crippen molar-refractivity contribution in [1.82, 2.24) is 0 Å². The zero-order chi connectivity index (χ0) is 14.9. The van der Waals surface area contributed by atoms with Crippen LogP contribution in [-0.2, 0) is 15.1 Å². The molecule has 0 bridgehead atoms. The molecule has 2 aromatic carbocycles. The summed E-state index contributed by atoms with van der Waals surface area (Å²) < 4.78 is 10.9. The Hall–Kier alpha value is -2.62. The van der Waals surface area contributed by atoms with Gasteiger partial charge in [0.1, 0.15) is 5.75 Å². The zero-order valence-corrected chi connectivity index (χ0v) is 11.5. The molecule has 4 nitrogen and oxygen atoms in total. The molecule has 0 aromatic heterocycles. The van der Waals surface area contributed by atoms with Crippen LogP contribution >= 0.6 is 0 Å². The van der Waals surface area contributed by atoms with E-state index in [4.69, 9.17) is 9.47 Å². The van der Waals surface area contributed by atoms with Crippen LogP contribution in [0.15, 0.2) is 54.6 Å². The molecular formula is C17H14O4. The van der Waals surface area contributed by atoms with E-state index < -0.39 is 11.6 Å². The van der Waals surface area contributed by atoms with Crippen molar-refractivity contribution in [3.8, 4) is 5.75 Å². The maximum absolute atomic E-state index is 12.8. The van der Waals surface area contributed by atoms with Crippen molar-refractivity contribution in [2.24, 2.45) is 0 Å². The number of hydrogen-bond donors (Lipinski definition) is 0. The van der Waals surface area contributed by atoms with E-state index in [9.17, 15) is 9.59 Å². The van der Waals surface area contributed by atoms with Crippen LogP contribution < -0.4 is 4.74 Å². The van der Waals surface area contributed by atoms with Gasteiger partial charge >= 0.3 is 5.97 Å². The summed E-state index contributed by atoms with van der Waals surface area (Å²) in [6.45, 7) is 1.88. The molecule has 21 heavy (non-hydrogen) atoms. The van der Waals surface area contributed by atoms with Crippen molar-refractivity contribution < 1.29 is 19.1 Å². The first-order valence-corrected chi connectivity index (χ1v) is 6.75. The van der Waals surface area contributed by atoms with Crippen molar-refractivity contribution >= 4 is 11.8 Å². The van der Waals surface area contributed by atoms with Crippen molar-refractivity contribution in [2.75, 3.05) is 6.61 Å². The van der Waals surface area contributed by atoms with Gasteiger partial charge in [-0.3, -0.25) is 4.79 Å². The molecule has 0 spiro atoms. The molecule has 1 heterocycles. The minimum atomic E-state index is -1.74. The maximum atomic E-state index is 12.8. The Morgan fingerprint density at radius 1 is 1.10 bits per heavy atom. The molecule has 0 saturated heterocycles. The van der Waals surface area contributed by atoms with Gasteiger partial charge in [0.05, 0.1) is 12.2 Å². The van der Waals surface area contributed by atoms with E-state index >= 15 is 0 Å². The first-order valence-electron chi connectivity index (χ1n) is 6.75. The van der Waals surface area contributed by atoms with Gasteiger partial charge in [-0.1, -0.05) is 42.5 Å². The lowest BCUT2D eigenvalue weighted by atomic mass is 9.88. The molecule has 0 unspecified atom stereocenters. The number of esters is 1. The molecule has 1 aliphatic heterocycles. The summed E-state index contributed by atoms with van der Waals surface area (Å²) in [4.78, 5) is 25.3. The Labute approximate surface area is 122 Å². The van der Waals surface area contributed by atoms with Crippen LogP contribution in [0.1, 0.15) is 22.8 Å². The summed E-state index contributed by atoms with van der Waals surface area (Å²) in [5.74, 6) is -0.667. The predicted molar refractivity (Wildman–Crippen MR) is 76.2 cm³/mol. The van der Waals surface area contributed by atoms with Gasteiger partial charge in [-0.2, -0.15) is 0 Å². The fraction of sp³-hybridized carbons (Fsp3) is 0.176. The topological polar surface area (TPSA) is 52.6 Å². The number of carbonyl (C=O) groups excluding carboxylic acids is 2. The number of benzene rings is 2. The first-order chi connectivity index (χ1) is 10.2. The van der Waals surface area contributed by atoms with Crippen molar-refractivity contribution in [3.63, 3.8) is 0 Å². The van der Waals surface area contributed by atoms with E-state index in [1.54, 1.807) is 55.5 Å². The molecule has 0 saturated carbocycles. The van der Waals surface area contributed by atoms with Gasteiger partial charge in [-0.15, -0.1) is 0 Å². The number of rotatable bonds is 3. The van der Waals surface area contributed by atoms with E-state index in [0.29, 0.717) is 16.9 Å². The number of Topliss-reactive ketones (excluding diaryl/α,β-unsaturated/α-hetero) is 1. The van der Waals surface area contributed by atoms with Crippen LogP contribution in [0.4, 0.5) is 0 Å². The minimum Gasteiger partial charge on any atom is -0.462 e. The van der Waals surface area contributed by atoms with Gasteiger partial charge in [-0.05, 0) is 19.1 Å². The summed E-state index contributed by atoms with van der Waals surface area (Å²) in [6, 6.07) is 15.6. The second-order valence-corrected chi connectivity index (χ2v) is 4.70. The maximum Gasteiger partial charge on any atom is 0.363 e. The molecule has 106 valence electrons. The van der Waals surface area contributed by atoms with Gasteiger partial charge in [0, 0.05) is 5.56 Å². The standard InChI is InChI=1S/C17H14O4/c1-2-20-16(19)17(12-8-4-3-5-9-12)15(18)13-10-6-7-11-14(13)21-17/h3-11H,2H2,1H3/t17-/m0/s1. The van der Waals surface area contributed by atoms with E-state index in [1.807, 2.05) is 6.07 Å².